The predicted molar refractivity (Wildman–Crippen MR) is 98.8 cm³/mol. The zero-order chi connectivity index (χ0) is 17.4. The summed E-state index contributed by atoms with van der Waals surface area (Å²) in [6, 6.07) is 15.0. The average molecular weight is 393 g/mol. The van der Waals surface area contributed by atoms with E-state index in [2.05, 4.69) is 21.2 Å². The number of carbonyl (C=O) groups is 1. The van der Waals surface area contributed by atoms with E-state index in [0.717, 1.165) is 10.2 Å². The van der Waals surface area contributed by atoms with Gasteiger partial charge in [-0.15, -0.1) is 0 Å². The molecule has 0 bridgehead atoms. The molecule has 0 atom stereocenters. The van der Waals surface area contributed by atoms with E-state index < -0.39 is 0 Å². The Labute approximate surface area is 150 Å². The van der Waals surface area contributed by atoms with E-state index in [1.807, 2.05) is 60.5 Å². The van der Waals surface area contributed by atoms with E-state index in [1.165, 1.54) is 0 Å². The fraction of sp³-hybridized carbons (Fsp3) is 0.278. The highest BCUT2D eigenvalue weighted by molar-refractivity contribution is 9.10. The molecule has 6 heteroatoms. The first-order valence-electron chi connectivity index (χ1n) is 7.58. The molecule has 0 saturated heterocycles. The second-order valence-corrected chi connectivity index (χ2v) is 6.20. The van der Waals surface area contributed by atoms with Crippen LogP contribution in [-0.4, -0.2) is 44.7 Å². The molecular weight excluding hydrogens is 372 g/mol. The van der Waals surface area contributed by atoms with Crippen molar-refractivity contribution in [1.29, 1.82) is 0 Å². The van der Waals surface area contributed by atoms with Crippen LogP contribution in [0.15, 0.2) is 53.0 Å². The Balaban J connectivity index is 1.74. The number of anilines is 1. The van der Waals surface area contributed by atoms with Crippen molar-refractivity contribution in [2.24, 2.45) is 0 Å². The zero-order valence-corrected chi connectivity index (χ0v) is 15.4. The molecule has 0 aromatic heterocycles. The van der Waals surface area contributed by atoms with E-state index in [9.17, 15) is 4.79 Å². The summed E-state index contributed by atoms with van der Waals surface area (Å²) in [5.74, 6) is 1.36. The average Bonchev–Trinajstić information content (AvgIpc) is 2.57. The van der Waals surface area contributed by atoms with Gasteiger partial charge in [0, 0.05) is 11.0 Å². The maximum absolute atomic E-state index is 12.1. The quantitative estimate of drug-likeness (QED) is 0.747. The summed E-state index contributed by atoms with van der Waals surface area (Å²) in [6.45, 7) is 1.44. The number of methoxy groups -OCH3 is 1. The molecule has 0 fully saturated rings. The largest absolute Gasteiger partial charge is 0.495 e. The Morgan fingerprint density at radius 3 is 2.58 bits per heavy atom. The summed E-state index contributed by atoms with van der Waals surface area (Å²) in [6.07, 6.45) is 0. The van der Waals surface area contributed by atoms with Crippen molar-refractivity contribution in [2.75, 3.05) is 39.2 Å². The highest BCUT2D eigenvalue weighted by Gasteiger charge is 2.09. The molecule has 128 valence electrons. The number of halogens is 1. The first-order chi connectivity index (χ1) is 11.6. The van der Waals surface area contributed by atoms with Gasteiger partial charge in [-0.25, -0.2) is 0 Å². The second-order valence-electron chi connectivity index (χ2n) is 5.29. The van der Waals surface area contributed by atoms with Gasteiger partial charge in [-0.3, -0.25) is 9.69 Å². The van der Waals surface area contributed by atoms with Crippen molar-refractivity contribution in [2.45, 2.75) is 0 Å². The van der Waals surface area contributed by atoms with Crippen LogP contribution in [0.4, 0.5) is 5.69 Å². The van der Waals surface area contributed by atoms with Crippen LogP contribution in [0, 0.1) is 0 Å². The van der Waals surface area contributed by atoms with Crippen LogP contribution >= 0.6 is 15.9 Å². The third-order valence-corrected chi connectivity index (χ3v) is 3.88. The number of para-hydroxylation sites is 2. The van der Waals surface area contributed by atoms with Gasteiger partial charge in [-0.1, -0.05) is 28.1 Å². The Morgan fingerprint density at radius 2 is 1.88 bits per heavy atom. The van der Waals surface area contributed by atoms with Crippen LogP contribution in [0.2, 0.25) is 0 Å². The fourth-order valence-corrected chi connectivity index (χ4v) is 2.38. The fourth-order valence-electron chi connectivity index (χ4n) is 2.11. The van der Waals surface area contributed by atoms with Crippen LogP contribution in [0.5, 0.6) is 11.5 Å². The lowest BCUT2D eigenvalue weighted by molar-refractivity contribution is -0.117. The van der Waals surface area contributed by atoms with Gasteiger partial charge in [0.1, 0.15) is 18.1 Å². The lowest BCUT2D eigenvalue weighted by atomic mass is 10.3. The first-order valence-corrected chi connectivity index (χ1v) is 8.37. The summed E-state index contributed by atoms with van der Waals surface area (Å²) in [4.78, 5) is 14.0. The minimum atomic E-state index is -0.0920. The summed E-state index contributed by atoms with van der Waals surface area (Å²) < 4.78 is 11.9. The molecule has 0 spiro atoms. The number of rotatable bonds is 8. The van der Waals surface area contributed by atoms with Gasteiger partial charge < -0.3 is 14.8 Å². The van der Waals surface area contributed by atoms with Gasteiger partial charge in [0.25, 0.3) is 0 Å². The molecule has 0 aliphatic heterocycles. The minimum absolute atomic E-state index is 0.0920. The smallest absolute Gasteiger partial charge is 0.238 e. The van der Waals surface area contributed by atoms with Crippen molar-refractivity contribution in [1.82, 2.24) is 4.90 Å². The van der Waals surface area contributed by atoms with Gasteiger partial charge in [0.05, 0.1) is 19.3 Å². The van der Waals surface area contributed by atoms with E-state index in [1.54, 1.807) is 7.11 Å². The van der Waals surface area contributed by atoms with E-state index >= 15 is 0 Å². The van der Waals surface area contributed by atoms with Gasteiger partial charge in [-0.05, 0) is 43.4 Å². The summed E-state index contributed by atoms with van der Waals surface area (Å²) >= 11 is 3.38. The predicted octanol–water partition coefficient (Wildman–Crippen LogP) is 3.41. The zero-order valence-electron chi connectivity index (χ0n) is 13.8. The van der Waals surface area contributed by atoms with Crippen molar-refractivity contribution >= 4 is 27.5 Å². The number of hydrogen-bond acceptors (Lipinski definition) is 4. The Morgan fingerprint density at radius 1 is 1.17 bits per heavy atom. The number of ether oxygens (including phenoxy) is 2. The number of amides is 1. The maximum atomic E-state index is 12.1. The Bertz CT molecular complexity index is 662. The molecule has 0 radical (unpaired) electrons. The highest BCUT2D eigenvalue weighted by Crippen LogP contribution is 2.22. The molecule has 2 aromatic carbocycles. The standard InChI is InChI=1S/C18H21BrN2O3/c1-21(11-12-24-15-9-7-14(19)8-10-15)13-18(22)20-16-5-3-4-6-17(16)23-2/h3-10H,11-13H2,1-2H3,(H,20,22). The number of likely N-dealkylation sites (N-methyl/N-ethyl adjacent to an activating group) is 1. The molecular formula is C18H21BrN2O3. The molecule has 24 heavy (non-hydrogen) atoms. The van der Waals surface area contributed by atoms with Gasteiger partial charge in [0.2, 0.25) is 5.91 Å². The molecule has 1 N–H and O–H groups in total. The molecule has 0 aliphatic rings. The number of hydrogen-bond donors (Lipinski definition) is 1. The number of nitrogens with zero attached hydrogens (tertiary/aromatic N) is 1. The third-order valence-electron chi connectivity index (χ3n) is 3.35. The lowest BCUT2D eigenvalue weighted by Crippen LogP contribution is -2.33. The second kappa shape index (κ2) is 9.30. The van der Waals surface area contributed by atoms with Crippen LogP contribution in [0.1, 0.15) is 0 Å². The molecule has 0 saturated carbocycles. The topological polar surface area (TPSA) is 50.8 Å². The van der Waals surface area contributed by atoms with Gasteiger partial charge in [0.15, 0.2) is 0 Å². The SMILES string of the molecule is COc1ccccc1NC(=O)CN(C)CCOc1ccc(Br)cc1. The molecule has 2 rings (SSSR count). The normalized spacial score (nSPS) is 10.5. The van der Waals surface area contributed by atoms with Gasteiger partial charge in [-0.2, -0.15) is 0 Å². The summed E-state index contributed by atoms with van der Waals surface area (Å²) in [5, 5.41) is 2.86. The number of carbonyl (C=O) groups excluding carboxylic acids is 1. The summed E-state index contributed by atoms with van der Waals surface area (Å²) in [5.41, 5.74) is 0.671. The molecule has 0 aliphatic carbocycles. The van der Waals surface area contributed by atoms with Gasteiger partial charge >= 0.3 is 0 Å². The van der Waals surface area contributed by atoms with E-state index in [-0.39, 0.29) is 12.5 Å². The monoisotopic (exact) mass is 392 g/mol. The van der Waals surface area contributed by atoms with Crippen molar-refractivity contribution in [3.05, 3.63) is 53.0 Å². The maximum Gasteiger partial charge on any atom is 0.238 e. The molecule has 2 aromatic rings. The van der Waals surface area contributed by atoms with Crippen LogP contribution < -0.4 is 14.8 Å². The Hall–Kier alpha value is -2.05. The lowest BCUT2D eigenvalue weighted by Gasteiger charge is -2.17. The Kier molecular flexibility index (Phi) is 7.08. The van der Waals surface area contributed by atoms with Crippen LogP contribution in [0.3, 0.4) is 0 Å². The number of nitrogens with one attached hydrogen (secondary N) is 1. The van der Waals surface area contributed by atoms with E-state index in [0.29, 0.717) is 24.6 Å². The van der Waals surface area contributed by atoms with Crippen molar-refractivity contribution in [3.8, 4) is 11.5 Å². The van der Waals surface area contributed by atoms with Crippen LogP contribution in [0.25, 0.3) is 0 Å². The third kappa shape index (κ3) is 5.86. The van der Waals surface area contributed by atoms with E-state index in [4.69, 9.17) is 9.47 Å². The molecule has 0 unspecified atom stereocenters. The highest BCUT2D eigenvalue weighted by atomic mass is 79.9. The van der Waals surface area contributed by atoms with Crippen molar-refractivity contribution < 1.29 is 14.3 Å². The van der Waals surface area contributed by atoms with Crippen molar-refractivity contribution in [3.63, 3.8) is 0 Å². The molecule has 1 amide bonds. The summed E-state index contributed by atoms with van der Waals surface area (Å²) in [7, 11) is 3.46. The first kappa shape index (κ1) is 18.3. The van der Waals surface area contributed by atoms with Crippen LogP contribution in [-0.2, 0) is 4.79 Å². The number of benzene rings is 2. The molecule has 0 heterocycles. The molecule has 5 nitrogen and oxygen atoms in total. The minimum Gasteiger partial charge on any atom is -0.495 e.